The lowest BCUT2D eigenvalue weighted by Gasteiger charge is -2.26. The average molecular weight is 554 g/mol. The summed E-state index contributed by atoms with van der Waals surface area (Å²) >= 11 is 1.87. The van der Waals surface area contributed by atoms with Gasteiger partial charge in [-0.05, 0) is 81.6 Å². The van der Waals surface area contributed by atoms with Crippen molar-refractivity contribution in [2.24, 2.45) is 0 Å². The highest BCUT2D eigenvalue weighted by atomic mass is 32.1. The largest absolute Gasteiger partial charge is 0.310 e. The Balaban J connectivity index is 1.26. The van der Waals surface area contributed by atoms with Gasteiger partial charge < -0.3 is 4.90 Å². The fourth-order valence-electron chi connectivity index (χ4n) is 6.00. The molecule has 0 aliphatic heterocycles. The monoisotopic (exact) mass is 553 g/mol. The Kier molecular flexibility index (Phi) is 6.05. The van der Waals surface area contributed by atoms with Gasteiger partial charge in [0, 0.05) is 37.2 Å². The molecule has 198 valence electrons. The molecule has 0 aliphatic rings. The number of hydrogen-bond donors (Lipinski definition) is 0. The zero-order chi connectivity index (χ0) is 27.9. The molecule has 0 fully saturated rings. The molecule has 0 unspecified atom stereocenters. The van der Waals surface area contributed by atoms with Gasteiger partial charge in [0.15, 0.2) is 0 Å². The Bertz CT molecular complexity index is 2180. The Hall–Kier alpha value is -5.18. The number of nitrogens with zero attached hydrogens (tertiary/aromatic N) is 1. The van der Waals surface area contributed by atoms with E-state index < -0.39 is 0 Å². The summed E-state index contributed by atoms with van der Waals surface area (Å²) in [5.74, 6) is 0. The predicted octanol–water partition coefficient (Wildman–Crippen LogP) is 12.0. The molecular formula is C40H27NS. The maximum atomic E-state index is 2.37. The fourth-order valence-corrected chi connectivity index (χ4v) is 7.13. The molecule has 8 aromatic rings. The van der Waals surface area contributed by atoms with Crippen LogP contribution in [-0.2, 0) is 0 Å². The van der Waals surface area contributed by atoms with Crippen LogP contribution < -0.4 is 4.90 Å². The summed E-state index contributed by atoms with van der Waals surface area (Å²) in [5.41, 5.74) is 8.27. The summed E-state index contributed by atoms with van der Waals surface area (Å²) in [6, 6.07) is 59.1. The van der Waals surface area contributed by atoms with Gasteiger partial charge in [-0.1, -0.05) is 115 Å². The van der Waals surface area contributed by atoms with E-state index in [2.05, 4.69) is 169 Å². The molecule has 2 heteroatoms. The van der Waals surface area contributed by atoms with Crippen LogP contribution in [0.4, 0.5) is 17.1 Å². The number of benzene rings is 7. The smallest absolute Gasteiger partial charge is 0.0468 e. The van der Waals surface area contributed by atoms with E-state index in [0.717, 1.165) is 17.1 Å². The van der Waals surface area contributed by atoms with Crippen LogP contribution in [0.2, 0.25) is 0 Å². The van der Waals surface area contributed by atoms with Crippen molar-refractivity contribution in [3.8, 4) is 22.3 Å². The number of hydrogen-bond acceptors (Lipinski definition) is 2. The normalized spacial score (nSPS) is 11.3. The van der Waals surface area contributed by atoms with E-state index in [1.54, 1.807) is 0 Å². The molecule has 0 aliphatic carbocycles. The van der Waals surface area contributed by atoms with Crippen LogP contribution >= 0.6 is 11.3 Å². The molecule has 1 aromatic heterocycles. The van der Waals surface area contributed by atoms with Crippen LogP contribution in [0.5, 0.6) is 0 Å². The van der Waals surface area contributed by atoms with Gasteiger partial charge in [-0.15, -0.1) is 11.3 Å². The lowest BCUT2D eigenvalue weighted by Crippen LogP contribution is -2.09. The van der Waals surface area contributed by atoms with Gasteiger partial charge in [-0.25, -0.2) is 0 Å². The Morgan fingerprint density at radius 2 is 0.952 bits per heavy atom. The first-order valence-corrected chi connectivity index (χ1v) is 15.1. The van der Waals surface area contributed by atoms with E-state index in [4.69, 9.17) is 0 Å². The topological polar surface area (TPSA) is 3.24 Å². The molecule has 0 radical (unpaired) electrons. The van der Waals surface area contributed by atoms with Crippen molar-refractivity contribution in [3.05, 3.63) is 164 Å². The highest BCUT2D eigenvalue weighted by Crippen LogP contribution is 2.42. The Morgan fingerprint density at radius 3 is 1.76 bits per heavy atom. The third kappa shape index (κ3) is 4.34. The van der Waals surface area contributed by atoms with Crippen molar-refractivity contribution < 1.29 is 0 Å². The standard InChI is InChI=1S/C40H27NS/c1-3-10-28(11-4-1)29-18-20-30(21-19-29)32-12-9-15-34(26-32)41(33-13-5-2-6-14-33)35-24-22-31-23-25-39-40(37(31)27-35)36-16-7-8-17-38(36)42-39/h1-27H. The quantitative estimate of drug-likeness (QED) is 0.205. The molecule has 7 aromatic carbocycles. The van der Waals surface area contributed by atoms with E-state index in [-0.39, 0.29) is 0 Å². The van der Waals surface area contributed by atoms with Gasteiger partial charge in [0.2, 0.25) is 0 Å². The molecule has 0 N–H and O–H groups in total. The predicted molar refractivity (Wildman–Crippen MR) is 182 cm³/mol. The summed E-state index contributed by atoms with van der Waals surface area (Å²) in [6.07, 6.45) is 0. The molecule has 0 spiro atoms. The van der Waals surface area contributed by atoms with Crippen molar-refractivity contribution in [2.75, 3.05) is 4.90 Å². The van der Waals surface area contributed by atoms with Gasteiger partial charge >= 0.3 is 0 Å². The molecule has 0 saturated heterocycles. The number of anilines is 3. The second-order valence-corrected chi connectivity index (χ2v) is 11.7. The van der Waals surface area contributed by atoms with Crippen LogP contribution in [-0.4, -0.2) is 0 Å². The third-order valence-electron chi connectivity index (χ3n) is 8.05. The summed E-state index contributed by atoms with van der Waals surface area (Å²) in [6.45, 7) is 0. The first-order valence-electron chi connectivity index (χ1n) is 14.3. The number of para-hydroxylation sites is 1. The van der Waals surface area contributed by atoms with E-state index in [0.29, 0.717) is 0 Å². The minimum Gasteiger partial charge on any atom is -0.310 e. The van der Waals surface area contributed by atoms with Crippen molar-refractivity contribution >= 4 is 59.3 Å². The van der Waals surface area contributed by atoms with Crippen molar-refractivity contribution in [2.45, 2.75) is 0 Å². The minimum absolute atomic E-state index is 1.13. The second-order valence-electron chi connectivity index (χ2n) is 10.6. The molecule has 1 heterocycles. The molecule has 0 amide bonds. The van der Waals surface area contributed by atoms with E-state index >= 15 is 0 Å². The van der Waals surface area contributed by atoms with Crippen molar-refractivity contribution in [1.29, 1.82) is 0 Å². The number of fused-ring (bicyclic) bond motifs is 5. The third-order valence-corrected chi connectivity index (χ3v) is 9.18. The molecule has 0 bridgehead atoms. The molecule has 42 heavy (non-hydrogen) atoms. The minimum atomic E-state index is 1.13. The summed E-state index contributed by atoms with van der Waals surface area (Å²) in [5, 5.41) is 5.22. The van der Waals surface area contributed by atoms with Gasteiger partial charge in [-0.3, -0.25) is 0 Å². The Morgan fingerprint density at radius 1 is 0.357 bits per heavy atom. The van der Waals surface area contributed by atoms with Crippen molar-refractivity contribution in [3.63, 3.8) is 0 Å². The lowest BCUT2D eigenvalue weighted by atomic mass is 9.99. The molecule has 0 saturated carbocycles. The average Bonchev–Trinajstić information content (AvgIpc) is 3.45. The molecular weight excluding hydrogens is 527 g/mol. The van der Waals surface area contributed by atoms with E-state index in [9.17, 15) is 0 Å². The van der Waals surface area contributed by atoms with Crippen LogP contribution in [0.15, 0.2) is 164 Å². The van der Waals surface area contributed by atoms with Gasteiger partial charge in [0.05, 0.1) is 0 Å². The maximum absolute atomic E-state index is 2.37. The highest BCUT2D eigenvalue weighted by Gasteiger charge is 2.16. The number of thiophene rings is 1. The van der Waals surface area contributed by atoms with Gasteiger partial charge in [0.25, 0.3) is 0 Å². The molecule has 0 atom stereocenters. The highest BCUT2D eigenvalue weighted by molar-refractivity contribution is 7.26. The second kappa shape index (κ2) is 10.3. The van der Waals surface area contributed by atoms with Crippen LogP contribution in [0.25, 0.3) is 53.2 Å². The van der Waals surface area contributed by atoms with Crippen LogP contribution in [0.3, 0.4) is 0 Å². The summed E-state index contributed by atoms with van der Waals surface area (Å²) in [4.78, 5) is 2.37. The Labute approximate surface area is 249 Å². The van der Waals surface area contributed by atoms with E-state index in [1.165, 1.54) is 53.2 Å². The summed E-state index contributed by atoms with van der Waals surface area (Å²) < 4.78 is 2.66. The lowest BCUT2D eigenvalue weighted by molar-refractivity contribution is 1.29. The van der Waals surface area contributed by atoms with Gasteiger partial charge in [0.1, 0.15) is 0 Å². The first kappa shape index (κ1) is 24.6. The SMILES string of the molecule is c1ccc(-c2ccc(-c3cccc(N(c4ccccc4)c4ccc5ccc6sc7ccccc7c6c5c4)c3)cc2)cc1. The molecule has 8 rings (SSSR count). The number of rotatable bonds is 5. The zero-order valence-electron chi connectivity index (χ0n) is 22.9. The summed E-state index contributed by atoms with van der Waals surface area (Å²) in [7, 11) is 0. The van der Waals surface area contributed by atoms with E-state index in [1.807, 2.05) is 11.3 Å². The van der Waals surface area contributed by atoms with Crippen LogP contribution in [0.1, 0.15) is 0 Å². The maximum Gasteiger partial charge on any atom is 0.0468 e. The molecule has 1 nitrogen and oxygen atoms in total. The first-order chi connectivity index (χ1) is 20.8. The zero-order valence-corrected chi connectivity index (χ0v) is 23.8. The van der Waals surface area contributed by atoms with Gasteiger partial charge in [-0.2, -0.15) is 0 Å². The fraction of sp³-hybridized carbons (Fsp3) is 0. The van der Waals surface area contributed by atoms with Crippen molar-refractivity contribution in [1.82, 2.24) is 0 Å². The van der Waals surface area contributed by atoms with Crippen LogP contribution in [0, 0.1) is 0 Å².